The van der Waals surface area contributed by atoms with Crippen molar-refractivity contribution in [1.29, 1.82) is 0 Å². The summed E-state index contributed by atoms with van der Waals surface area (Å²) in [5.41, 5.74) is 2.55. The topological polar surface area (TPSA) is 83.6 Å². The maximum Gasteiger partial charge on any atom is 0.326 e. The Hall–Kier alpha value is -2.63. The first kappa shape index (κ1) is 15.3. The lowest BCUT2D eigenvalue weighted by Crippen LogP contribution is -2.47. The number of piperidine rings is 1. The second kappa shape index (κ2) is 6.24. The Morgan fingerprint density at radius 2 is 2.00 bits per heavy atom. The summed E-state index contributed by atoms with van der Waals surface area (Å²) in [4.78, 5) is 25.2. The molecule has 1 saturated heterocycles. The number of hydrogen-bond acceptors (Lipinski definition) is 4. The molecule has 120 valence electrons. The normalized spacial score (nSPS) is 18.0. The molecule has 3 rings (SSSR count). The van der Waals surface area contributed by atoms with E-state index in [0.29, 0.717) is 18.7 Å². The average molecular weight is 314 g/mol. The van der Waals surface area contributed by atoms with Crippen LogP contribution < -0.4 is 0 Å². The number of likely N-dealkylation sites (tertiary alicyclic amines) is 1. The van der Waals surface area contributed by atoms with Crippen molar-refractivity contribution in [3.05, 3.63) is 41.7 Å². The highest BCUT2D eigenvalue weighted by molar-refractivity contribution is 5.95. The minimum absolute atomic E-state index is 0.0775. The summed E-state index contributed by atoms with van der Waals surface area (Å²) in [5.74, 6) is -1.31. The largest absolute Gasteiger partial charge is 0.480 e. The first-order valence-electron chi connectivity index (χ1n) is 7.64. The highest BCUT2D eigenvalue weighted by Gasteiger charge is 2.34. The van der Waals surface area contributed by atoms with Crippen molar-refractivity contribution in [1.82, 2.24) is 10.1 Å². The number of nitrogens with zero attached hydrogens (tertiary/aromatic N) is 2. The van der Waals surface area contributed by atoms with Gasteiger partial charge in [0.2, 0.25) is 5.76 Å². The average Bonchev–Trinajstić information content (AvgIpc) is 3.04. The van der Waals surface area contributed by atoms with Gasteiger partial charge < -0.3 is 14.5 Å². The molecule has 1 atom stereocenters. The number of carbonyl (C=O) groups is 2. The van der Waals surface area contributed by atoms with E-state index in [9.17, 15) is 14.7 Å². The smallest absolute Gasteiger partial charge is 0.326 e. The van der Waals surface area contributed by atoms with Gasteiger partial charge in [-0.05, 0) is 26.2 Å². The molecule has 1 amide bonds. The van der Waals surface area contributed by atoms with Crippen LogP contribution in [-0.4, -0.2) is 39.6 Å². The first-order valence-corrected chi connectivity index (χ1v) is 7.64. The van der Waals surface area contributed by atoms with Crippen molar-refractivity contribution in [3.63, 3.8) is 0 Å². The lowest BCUT2D eigenvalue weighted by molar-refractivity contribution is -0.143. The minimum Gasteiger partial charge on any atom is -0.480 e. The standard InChI is InChI=1S/C17H18N2O4/c1-11-5-7-12(8-6-11)13-10-15(23-18-13)16(20)19-9-3-2-4-14(19)17(21)22/h5-8,10,14H,2-4,9H2,1H3,(H,21,22)/t14-/m0/s1. The van der Waals surface area contributed by atoms with Crippen molar-refractivity contribution in [2.75, 3.05) is 6.54 Å². The van der Waals surface area contributed by atoms with Crippen LogP contribution in [0.1, 0.15) is 35.4 Å². The van der Waals surface area contributed by atoms with Gasteiger partial charge in [0, 0.05) is 18.2 Å². The summed E-state index contributed by atoms with van der Waals surface area (Å²) in [7, 11) is 0. The van der Waals surface area contributed by atoms with Gasteiger partial charge in [-0.15, -0.1) is 0 Å². The van der Waals surface area contributed by atoms with E-state index in [1.54, 1.807) is 6.07 Å². The van der Waals surface area contributed by atoms with Crippen molar-refractivity contribution in [2.45, 2.75) is 32.2 Å². The second-order valence-electron chi connectivity index (χ2n) is 5.79. The van der Waals surface area contributed by atoms with Crippen LogP contribution >= 0.6 is 0 Å². The summed E-state index contributed by atoms with van der Waals surface area (Å²) in [5, 5.41) is 13.2. The van der Waals surface area contributed by atoms with E-state index in [2.05, 4.69) is 5.16 Å². The molecule has 0 spiro atoms. The number of rotatable bonds is 3. The Morgan fingerprint density at radius 3 is 2.70 bits per heavy atom. The number of aryl methyl sites for hydroxylation is 1. The molecular weight excluding hydrogens is 296 g/mol. The Balaban J connectivity index is 1.83. The molecule has 1 aromatic heterocycles. The van der Waals surface area contributed by atoms with Gasteiger partial charge in [0.25, 0.3) is 5.91 Å². The summed E-state index contributed by atoms with van der Waals surface area (Å²) in [6, 6.07) is 8.50. The fourth-order valence-electron chi connectivity index (χ4n) is 2.81. The molecule has 0 radical (unpaired) electrons. The zero-order valence-corrected chi connectivity index (χ0v) is 12.9. The highest BCUT2D eigenvalue weighted by Crippen LogP contribution is 2.23. The van der Waals surface area contributed by atoms with E-state index >= 15 is 0 Å². The minimum atomic E-state index is -0.976. The molecule has 0 bridgehead atoms. The molecule has 1 N–H and O–H groups in total. The van der Waals surface area contributed by atoms with E-state index in [4.69, 9.17) is 4.52 Å². The maximum absolute atomic E-state index is 12.5. The molecule has 0 aliphatic carbocycles. The Bertz CT molecular complexity index is 720. The first-order chi connectivity index (χ1) is 11.1. The third-order valence-electron chi connectivity index (χ3n) is 4.12. The van der Waals surface area contributed by atoms with Gasteiger partial charge in [-0.25, -0.2) is 4.79 Å². The molecule has 0 unspecified atom stereocenters. The van der Waals surface area contributed by atoms with Gasteiger partial charge in [0.15, 0.2) is 0 Å². The fourth-order valence-corrected chi connectivity index (χ4v) is 2.81. The Morgan fingerprint density at radius 1 is 1.26 bits per heavy atom. The molecule has 1 aliphatic heterocycles. The Labute approximate surface area is 133 Å². The summed E-state index contributed by atoms with van der Waals surface area (Å²) in [6.45, 7) is 2.42. The number of benzene rings is 1. The third kappa shape index (κ3) is 3.11. The second-order valence-corrected chi connectivity index (χ2v) is 5.79. The molecular formula is C17H18N2O4. The van der Waals surface area contributed by atoms with Gasteiger partial charge >= 0.3 is 5.97 Å². The molecule has 0 saturated carbocycles. The summed E-state index contributed by atoms with van der Waals surface area (Å²) >= 11 is 0. The number of aliphatic carboxylic acids is 1. The van der Waals surface area contributed by atoms with Crippen LogP contribution in [0.25, 0.3) is 11.3 Å². The van der Waals surface area contributed by atoms with E-state index in [-0.39, 0.29) is 5.76 Å². The molecule has 2 aromatic rings. The number of amides is 1. The SMILES string of the molecule is Cc1ccc(-c2cc(C(=O)N3CCCC[C@H]3C(=O)O)on2)cc1. The monoisotopic (exact) mass is 314 g/mol. The molecule has 1 aliphatic rings. The van der Waals surface area contributed by atoms with Crippen LogP contribution in [0.4, 0.5) is 0 Å². The van der Waals surface area contributed by atoms with Crippen LogP contribution in [0.3, 0.4) is 0 Å². The zero-order valence-electron chi connectivity index (χ0n) is 12.9. The predicted molar refractivity (Wildman–Crippen MR) is 83.0 cm³/mol. The third-order valence-corrected chi connectivity index (χ3v) is 4.12. The van der Waals surface area contributed by atoms with Crippen molar-refractivity contribution >= 4 is 11.9 Å². The molecule has 23 heavy (non-hydrogen) atoms. The van der Waals surface area contributed by atoms with Gasteiger partial charge in [-0.1, -0.05) is 35.0 Å². The predicted octanol–water partition coefficient (Wildman–Crippen LogP) is 2.73. The molecule has 1 fully saturated rings. The quantitative estimate of drug-likeness (QED) is 0.941. The van der Waals surface area contributed by atoms with Crippen LogP contribution in [0.5, 0.6) is 0 Å². The van der Waals surface area contributed by atoms with Gasteiger partial charge in [0.1, 0.15) is 11.7 Å². The van der Waals surface area contributed by atoms with Crippen LogP contribution in [0.15, 0.2) is 34.9 Å². The summed E-state index contributed by atoms with van der Waals surface area (Å²) < 4.78 is 5.16. The van der Waals surface area contributed by atoms with Gasteiger partial charge in [-0.2, -0.15) is 0 Å². The number of carboxylic acids is 1. The van der Waals surface area contributed by atoms with E-state index in [0.717, 1.165) is 24.0 Å². The number of carboxylic acid groups (broad SMARTS) is 1. The lowest BCUT2D eigenvalue weighted by Gasteiger charge is -2.31. The molecule has 1 aromatic carbocycles. The molecule has 6 heteroatoms. The van der Waals surface area contributed by atoms with Crippen LogP contribution in [0.2, 0.25) is 0 Å². The van der Waals surface area contributed by atoms with Crippen LogP contribution in [-0.2, 0) is 4.79 Å². The van der Waals surface area contributed by atoms with Crippen LogP contribution in [0, 0.1) is 6.92 Å². The molecule has 2 heterocycles. The van der Waals surface area contributed by atoms with Crippen molar-refractivity contribution < 1.29 is 19.2 Å². The Kier molecular flexibility index (Phi) is 4.14. The molecule has 6 nitrogen and oxygen atoms in total. The summed E-state index contributed by atoms with van der Waals surface area (Å²) in [6.07, 6.45) is 2.08. The highest BCUT2D eigenvalue weighted by atomic mass is 16.5. The lowest BCUT2D eigenvalue weighted by atomic mass is 10.0. The van der Waals surface area contributed by atoms with E-state index in [1.165, 1.54) is 4.90 Å². The fraction of sp³-hybridized carbons (Fsp3) is 0.353. The van der Waals surface area contributed by atoms with Crippen molar-refractivity contribution in [2.24, 2.45) is 0 Å². The van der Waals surface area contributed by atoms with Gasteiger partial charge in [0.05, 0.1) is 0 Å². The van der Waals surface area contributed by atoms with Crippen molar-refractivity contribution in [3.8, 4) is 11.3 Å². The zero-order chi connectivity index (χ0) is 16.4. The van der Waals surface area contributed by atoms with E-state index < -0.39 is 17.9 Å². The van der Waals surface area contributed by atoms with Gasteiger partial charge in [-0.3, -0.25) is 4.79 Å². The number of hydrogen-bond donors (Lipinski definition) is 1. The number of carbonyl (C=O) groups excluding carboxylic acids is 1. The number of aromatic nitrogens is 1. The maximum atomic E-state index is 12.5. The van der Waals surface area contributed by atoms with E-state index in [1.807, 2.05) is 31.2 Å².